The minimum Gasteiger partial charge on any atom is -0.309 e. The lowest BCUT2D eigenvalue weighted by molar-refractivity contribution is 1.17. The van der Waals surface area contributed by atoms with Crippen molar-refractivity contribution in [1.29, 1.82) is 0 Å². The van der Waals surface area contributed by atoms with E-state index in [1.54, 1.807) is 0 Å². The van der Waals surface area contributed by atoms with Crippen LogP contribution >= 0.6 is 0 Å². The highest BCUT2D eigenvalue weighted by molar-refractivity contribution is 6.14. The Bertz CT molecular complexity index is 7960. The van der Waals surface area contributed by atoms with E-state index in [9.17, 15) is 0 Å². The van der Waals surface area contributed by atoms with Gasteiger partial charge in [-0.1, -0.05) is 327 Å². The monoisotopic (exact) mass is 1580 g/mol. The molecule has 5 heterocycles. The summed E-state index contributed by atoms with van der Waals surface area (Å²) < 4.78 is 11.9. The normalized spacial score (nSPS) is 11.3. The Balaban J connectivity index is 0.0000000978. The molecule has 0 bridgehead atoms. The van der Waals surface area contributed by atoms with Crippen molar-refractivity contribution in [3.8, 4) is 61.8 Å². The van der Waals surface area contributed by atoms with Gasteiger partial charge in [0, 0.05) is 82.3 Å². The van der Waals surface area contributed by atoms with E-state index in [1.807, 2.05) is 0 Å². The highest BCUT2D eigenvalue weighted by atomic mass is 15.0. The first kappa shape index (κ1) is 76.1. The van der Waals surface area contributed by atoms with E-state index in [1.165, 1.54) is 215 Å². The maximum absolute atomic E-state index is 2.38. The Morgan fingerprint density at radius 2 is 0.366 bits per heavy atom. The molecule has 0 aliphatic rings. The Morgan fingerprint density at radius 1 is 0.122 bits per heavy atom. The Hall–Kier alpha value is -15.6. The van der Waals surface area contributed by atoms with Crippen LogP contribution < -0.4 is 0 Å². The molecule has 0 unspecified atom stereocenters. The van der Waals surface area contributed by atoms with Crippen LogP contribution in [0.4, 0.5) is 0 Å². The molecule has 5 aromatic heterocycles. The summed E-state index contributed by atoms with van der Waals surface area (Å²) in [6.07, 6.45) is 0. The van der Waals surface area contributed by atoms with Gasteiger partial charge in [-0.3, -0.25) is 0 Å². The molecule has 5 heteroatoms. The first-order chi connectivity index (χ1) is 60.5. The van der Waals surface area contributed by atoms with Crippen LogP contribution in [0.1, 0.15) is 33.4 Å². The number of hydrogen-bond acceptors (Lipinski definition) is 0. The van der Waals surface area contributed by atoms with Gasteiger partial charge in [0.1, 0.15) is 0 Å². The van der Waals surface area contributed by atoms with Crippen LogP contribution in [0.5, 0.6) is 0 Å². The molecule has 123 heavy (non-hydrogen) atoms. The average Bonchev–Trinajstić information content (AvgIpc) is 1.65. The smallest absolute Gasteiger partial charge is 0.0547 e. The number of hydrogen-bond donors (Lipinski definition) is 0. The number of para-hydroxylation sites is 5. The number of aromatic nitrogens is 5. The topological polar surface area (TPSA) is 24.6 Å². The molecule has 0 atom stereocenters. The Labute approximate surface area is 717 Å². The number of rotatable bonds is 8. The van der Waals surface area contributed by atoms with Gasteiger partial charge >= 0.3 is 0 Å². The molecule has 0 spiro atoms. The zero-order valence-electron chi connectivity index (χ0n) is 69.9. The van der Waals surface area contributed by atoms with Crippen molar-refractivity contribution in [1.82, 2.24) is 22.8 Å². The number of nitrogens with zero attached hydrogens (tertiary/aromatic N) is 5. The maximum Gasteiger partial charge on any atom is 0.0547 e. The molecule has 19 aromatic carbocycles. The molecule has 0 fully saturated rings. The van der Waals surface area contributed by atoms with Gasteiger partial charge in [-0.15, -0.1) is 0 Å². The highest BCUT2D eigenvalue weighted by Gasteiger charge is 2.20. The van der Waals surface area contributed by atoms with Gasteiger partial charge in [-0.25, -0.2) is 0 Å². The molecule has 5 nitrogen and oxygen atoms in total. The average molecular weight is 1580 g/mol. The van der Waals surface area contributed by atoms with Crippen LogP contribution in [0.3, 0.4) is 0 Å². The molecule has 0 aliphatic heterocycles. The van der Waals surface area contributed by atoms with Crippen molar-refractivity contribution < 1.29 is 0 Å². The van der Waals surface area contributed by atoms with E-state index in [4.69, 9.17) is 0 Å². The van der Waals surface area contributed by atoms with Gasteiger partial charge in [0.25, 0.3) is 0 Å². The van der Waals surface area contributed by atoms with Crippen molar-refractivity contribution in [2.45, 2.75) is 41.5 Å². The van der Waals surface area contributed by atoms with Crippen molar-refractivity contribution >= 4 is 120 Å². The van der Waals surface area contributed by atoms with Crippen molar-refractivity contribution in [3.05, 3.63) is 476 Å². The lowest BCUT2D eigenvalue weighted by Gasteiger charge is -2.09. The largest absolute Gasteiger partial charge is 0.309 e. The number of benzene rings is 19. The fraction of sp³-hybridized carbons (Fsp3) is 0.0508. The van der Waals surface area contributed by atoms with E-state index < -0.39 is 0 Å². The third kappa shape index (κ3) is 14.8. The second-order valence-electron chi connectivity index (χ2n) is 32.5. The van der Waals surface area contributed by atoms with E-state index in [-0.39, 0.29) is 0 Å². The summed E-state index contributed by atoms with van der Waals surface area (Å²) in [5.74, 6) is 0. The van der Waals surface area contributed by atoms with Gasteiger partial charge in [0.15, 0.2) is 0 Å². The molecule has 24 aromatic rings. The summed E-state index contributed by atoms with van der Waals surface area (Å²) in [5.41, 5.74) is 33.8. The van der Waals surface area contributed by atoms with Crippen molar-refractivity contribution in [3.63, 3.8) is 0 Å². The maximum atomic E-state index is 2.38. The second-order valence-corrected chi connectivity index (χ2v) is 32.5. The predicted molar refractivity (Wildman–Crippen MR) is 526 cm³/mol. The van der Waals surface area contributed by atoms with Gasteiger partial charge < -0.3 is 22.8 Å². The van der Waals surface area contributed by atoms with Crippen molar-refractivity contribution in [2.24, 2.45) is 0 Å². The molecule has 0 N–H and O–H groups in total. The van der Waals surface area contributed by atoms with Crippen LogP contribution in [0.15, 0.2) is 443 Å². The summed E-state index contributed by atoms with van der Waals surface area (Å²) in [4.78, 5) is 0. The lowest BCUT2D eigenvalue weighted by Crippen LogP contribution is -1.93. The molecular formula is C118H91N5. The quantitative estimate of drug-likeness (QED) is 0.145. The van der Waals surface area contributed by atoms with E-state index in [0.29, 0.717) is 0 Å². The fourth-order valence-corrected chi connectivity index (χ4v) is 18.1. The third-order valence-corrected chi connectivity index (χ3v) is 24.1. The Kier molecular flexibility index (Phi) is 20.4. The summed E-state index contributed by atoms with van der Waals surface area (Å²) in [6.45, 7) is 12.9. The first-order valence-corrected chi connectivity index (χ1v) is 42.5. The molecular weight excluding hydrogens is 1490 g/mol. The summed E-state index contributed by atoms with van der Waals surface area (Å²) >= 11 is 0. The van der Waals surface area contributed by atoms with Crippen molar-refractivity contribution in [2.75, 3.05) is 0 Å². The zero-order chi connectivity index (χ0) is 83.0. The fourth-order valence-electron chi connectivity index (χ4n) is 18.1. The molecule has 588 valence electrons. The molecule has 24 rings (SSSR count). The minimum absolute atomic E-state index is 1.20. The van der Waals surface area contributed by atoms with Gasteiger partial charge in [0.05, 0.1) is 55.2 Å². The summed E-state index contributed by atoms with van der Waals surface area (Å²) in [7, 11) is 0. The molecule has 0 saturated heterocycles. The minimum atomic E-state index is 1.20. The molecule has 0 saturated carbocycles. The molecule has 0 aliphatic carbocycles. The van der Waals surface area contributed by atoms with Gasteiger partial charge in [-0.05, 0) is 235 Å². The van der Waals surface area contributed by atoms with Crippen LogP contribution in [0.25, 0.3) is 182 Å². The van der Waals surface area contributed by atoms with E-state index in [0.717, 1.165) is 0 Å². The standard InChI is InChI=1S/3C25H19N.C23H17N.C20H17N/c1-18-12-15-24-23(16-18)22-14-13-20(19-8-4-2-5-9-19)17-25(22)26(24)21-10-6-3-7-11-21;1-18-12-14-22-23-15-13-20(19-8-4-2-5-9-19)17-25(23)26(24(22)16-18)21-10-6-3-7-11-21;1-18-11-16-23-22-9-5-6-10-24(22)26(25(23)17-18)21-14-12-20(13-15-21)19-7-3-2-4-8-19;1-16-10-13-21-20-8-4-5-9-22(20)24(23(21)14-16)19-12-11-17-6-2-3-7-18(17)15-19;1-14-7-10-16(11-8-14)21-19-6-4-3-5-17(19)18-12-9-15(2)13-20(18)21/h3*2-17H,1H3;2-15H,1H3;3-13H,1-2H3. The third-order valence-electron chi connectivity index (χ3n) is 24.1. The molecule has 0 radical (unpaired) electrons. The SMILES string of the molecule is Cc1ccc(-n2c3ccccc3c3ccc(C)cc32)cc1.Cc1ccc2c(c1)c1ccc(-c3ccccc3)cc1n2-c1ccccc1.Cc1ccc2c3ccc(-c4ccccc4)cc3n(-c3ccccc3)c2c1.Cc1ccc2c3ccccc3n(-c3ccc(-c4ccccc4)cc3)c2c1.Cc1ccc2c3ccccc3n(-c3ccc4ccccc4c3)c2c1. The van der Waals surface area contributed by atoms with Crippen LogP contribution in [-0.4, -0.2) is 22.8 Å². The van der Waals surface area contributed by atoms with Crippen LogP contribution in [0.2, 0.25) is 0 Å². The van der Waals surface area contributed by atoms with E-state index >= 15 is 0 Å². The van der Waals surface area contributed by atoms with Crippen LogP contribution in [-0.2, 0) is 0 Å². The van der Waals surface area contributed by atoms with E-state index in [2.05, 4.69) is 507 Å². The second kappa shape index (κ2) is 33.0. The summed E-state index contributed by atoms with van der Waals surface area (Å²) in [6, 6.07) is 159. The van der Waals surface area contributed by atoms with Gasteiger partial charge in [0.2, 0.25) is 0 Å². The highest BCUT2D eigenvalue weighted by Crippen LogP contribution is 2.41. The number of fused-ring (bicyclic) bond motifs is 16. The molecule has 0 amide bonds. The first-order valence-electron chi connectivity index (χ1n) is 42.5. The predicted octanol–water partition coefficient (Wildman–Crippen LogP) is 31.9. The van der Waals surface area contributed by atoms with Crippen LogP contribution in [0, 0.1) is 41.5 Å². The van der Waals surface area contributed by atoms with Gasteiger partial charge in [-0.2, -0.15) is 0 Å². The zero-order valence-corrected chi connectivity index (χ0v) is 69.9. The summed E-state index contributed by atoms with van der Waals surface area (Å²) in [5, 5.41) is 15.6. The number of aryl methyl sites for hydroxylation is 6. The Morgan fingerprint density at radius 3 is 0.780 bits per heavy atom. The lowest BCUT2D eigenvalue weighted by atomic mass is 10.0.